The van der Waals surface area contributed by atoms with E-state index in [1.807, 2.05) is 13.8 Å². The zero-order chi connectivity index (χ0) is 33.0. The van der Waals surface area contributed by atoms with E-state index in [2.05, 4.69) is 14.7 Å². The quantitative estimate of drug-likeness (QED) is 0.0516. The average Bonchev–Trinajstić information content (AvgIpc) is 2.92. The van der Waals surface area contributed by atoms with E-state index >= 15 is 0 Å². The van der Waals surface area contributed by atoms with Crippen LogP contribution < -0.4 is 0 Å². The molecule has 0 aliphatic heterocycles. The topological polar surface area (TPSA) is 162 Å². The molecule has 0 bridgehead atoms. The predicted octanol–water partition coefficient (Wildman–Crippen LogP) is 5.47. The van der Waals surface area contributed by atoms with Crippen molar-refractivity contribution >= 4 is 18.5 Å². The van der Waals surface area contributed by atoms with Gasteiger partial charge in [0.1, 0.15) is 36.6 Å². The molecule has 0 radical (unpaired) electrons. The van der Waals surface area contributed by atoms with Crippen LogP contribution in [-0.4, -0.2) is 94.7 Å². The highest BCUT2D eigenvalue weighted by Gasteiger charge is 2.30. The summed E-state index contributed by atoms with van der Waals surface area (Å²) >= 11 is 0. The van der Waals surface area contributed by atoms with Crippen molar-refractivity contribution in [2.45, 2.75) is 98.9 Å². The van der Waals surface area contributed by atoms with Gasteiger partial charge in [-0.1, -0.05) is 13.8 Å². The van der Waals surface area contributed by atoms with Gasteiger partial charge in [-0.2, -0.15) is 14.7 Å². The first-order valence-electron chi connectivity index (χ1n) is 14.2. The first-order chi connectivity index (χ1) is 19.9. The monoisotopic (exact) mass is 628 g/mol. The lowest BCUT2D eigenvalue weighted by Gasteiger charge is -2.32. The van der Waals surface area contributed by atoms with E-state index in [-0.39, 0.29) is 59.5 Å². The Morgan fingerprint density at radius 1 is 0.465 bits per heavy atom. The Bertz CT molecular complexity index is 746. The highest BCUT2D eigenvalue weighted by atomic mass is 17.2. The van der Waals surface area contributed by atoms with Gasteiger partial charge in [-0.25, -0.2) is 14.4 Å². The van der Waals surface area contributed by atoms with Crippen LogP contribution in [0.3, 0.4) is 0 Å². The molecule has 0 atom stereocenters. The van der Waals surface area contributed by atoms with Crippen LogP contribution in [0.2, 0.25) is 0 Å². The van der Waals surface area contributed by atoms with Crippen LogP contribution in [0, 0.1) is 5.41 Å². The lowest BCUT2D eigenvalue weighted by atomic mass is 9.88. The SMILES string of the molecule is CCC(COCCOC(=O)OOC(C)(C)C)(COCCOC(=O)OOC(C)(C)C)COCCOC(=O)OOC(C)(C)CC. The second kappa shape index (κ2) is 20.5. The van der Waals surface area contributed by atoms with Crippen molar-refractivity contribution < 1.29 is 72.1 Å². The molecule has 0 saturated carbocycles. The Balaban J connectivity index is 4.73. The Labute approximate surface area is 254 Å². The Morgan fingerprint density at radius 2 is 0.791 bits per heavy atom. The third-order valence-corrected chi connectivity index (χ3v) is 5.22. The molecule has 0 N–H and O–H groups in total. The fraction of sp³-hybridized carbons (Fsp3) is 0.893. The average molecular weight is 629 g/mol. The van der Waals surface area contributed by atoms with Gasteiger partial charge < -0.3 is 28.4 Å². The summed E-state index contributed by atoms with van der Waals surface area (Å²) in [7, 11) is 0. The zero-order valence-corrected chi connectivity index (χ0v) is 27.4. The van der Waals surface area contributed by atoms with Gasteiger partial charge in [0.05, 0.1) is 39.6 Å². The lowest BCUT2D eigenvalue weighted by Crippen LogP contribution is -2.38. The maximum atomic E-state index is 11.7. The minimum atomic E-state index is -0.986. The summed E-state index contributed by atoms with van der Waals surface area (Å²) in [5.74, 6) is 0. The molecular formula is C28H52O15. The molecular weight excluding hydrogens is 576 g/mol. The van der Waals surface area contributed by atoms with Crippen LogP contribution in [0.4, 0.5) is 14.4 Å². The van der Waals surface area contributed by atoms with E-state index in [0.29, 0.717) is 12.8 Å². The van der Waals surface area contributed by atoms with Gasteiger partial charge in [0.2, 0.25) is 0 Å². The summed E-state index contributed by atoms with van der Waals surface area (Å²) in [4.78, 5) is 63.6. The van der Waals surface area contributed by atoms with E-state index in [4.69, 9.17) is 43.1 Å². The fourth-order valence-corrected chi connectivity index (χ4v) is 2.44. The van der Waals surface area contributed by atoms with Gasteiger partial charge in [-0.15, -0.1) is 0 Å². The Hall–Kier alpha value is -2.43. The molecule has 254 valence electrons. The summed E-state index contributed by atoms with van der Waals surface area (Å²) in [6, 6.07) is 0. The first kappa shape index (κ1) is 40.6. The fourth-order valence-electron chi connectivity index (χ4n) is 2.44. The van der Waals surface area contributed by atoms with Gasteiger partial charge in [-0.3, -0.25) is 14.7 Å². The third kappa shape index (κ3) is 23.7. The van der Waals surface area contributed by atoms with Crippen LogP contribution in [0.25, 0.3) is 0 Å². The van der Waals surface area contributed by atoms with Crippen molar-refractivity contribution in [1.29, 1.82) is 0 Å². The third-order valence-electron chi connectivity index (χ3n) is 5.22. The molecule has 0 aliphatic rings. The molecule has 15 heteroatoms. The molecule has 0 spiro atoms. The van der Waals surface area contributed by atoms with Crippen LogP contribution in [-0.2, 0) is 57.7 Å². The van der Waals surface area contributed by atoms with Crippen molar-refractivity contribution in [2.75, 3.05) is 59.5 Å². The number of hydrogen-bond donors (Lipinski definition) is 0. The largest absolute Gasteiger partial charge is 0.540 e. The Morgan fingerprint density at radius 3 is 1.07 bits per heavy atom. The molecule has 0 saturated heterocycles. The summed E-state index contributed by atoms with van der Waals surface area (Å²) < 4.78 is 32.1. The van der Waals surface area contributed by atoms with E-state index in [9.17, 15) is 14.4 Å². The molecule has 0 aromatic rings. The number of carbonyl (C=O) groups is 3. The van der Waals surface area contributed by atoms with Gasteiger partial charge in [-0.05, 0) is 68.2 Å². The molecule has 0 amide bonds. The summed E-state index contributed by atoms with van der Waals surface area (Å²) in [5, 5.41) is 0. The summed E-state index contributed by atoms with van der Waals surface area (Å²) in [5.41, 5.74) is -2.62. The molecule has 0 fully saturated rings. The van der Waals surface area contributed by atoms with Crippen LogP contribution in [0.15, 0.2) is 0 Å². The highest BCUT2D eigenvalue weighted by molar-refractivity contribution is 5.59. The number of ether oxygens (including phenoxy) is 6. The van der Waals surface area contributed by atoms with Crippen molar-refractivity contribution in [3.63, 3.8) is 0 Å². The summed E-state index contributed by atoms with van der Waals surface area (Å²) in [6.07, 6.45) is -1.74. The smallest absolute Gasteiger partial charge is 0.430 e. The van der Waals surface area contributed by atoms with E-state index < -0.39 is 40.7 Å². The normalized spacial score (nSPS) is 12.4. The molecule has 15 nitrogen and oxygen atoms in total. The maximum absolute atomic E-state index is 11.7. The number of carbonyl (C=O) groups excluding carboxylic acids is 3. The Kier molecular flexibility index (Phi) is 19.4. The highest BCUT2D eigenvalue weighted by Crippen LogP contribution is 2.24. The van der Waals surface area contributed by atoms with E-state index in [1.54, 1.807) is 55.4 Å². The van der Waals surface area contributed by atoms with Crippen LogP contribution in [0.5, 0.6) is 0 Å². The molecule has 43 heavy (non-hydrogen) atoms. The summed E-state index contributed by atoms with van der Waals surface area (Å²) in [6.45, 7) is 18.2. The van der Waals surface area contributed by atoms with Crippen molar-refractivity contribution in [2.24, 2.45) is 5.41 Å². The van der Waals surface area contributed by atoms with Gasteiger partial charge in [0.25, 0.3) is 0 Å². The van der Waals surface area contributed by atoms with Gasteiger partial charge in [0, 0.05) is 5.41 Å². The van der Waals surface area contributed by atoms with Crippen LogP contribution >= 0.6 is 0 Å². The van der Waals surface area contributed by atoms with E-state index in [0.717, 1.165) is 0 Å². The lowest BCUT2D eigenvalue weighted by molar-refractivity contribution is -0.317. The van der Waals surface area contributed by atoms with Gasteiger partial charge >= 0.3 is 18.5 Å². The van der Waals surface area contributed by atoms with Crippen LogP contribution in [0.1, 0.15) is 82.1 Å². The van der Waals surface area contributed by atoms with Crippen molar-refractivity contribution in [3.8, 4) is 0 Å². The van der Waals surface area contributed by atoms with Crippen molar-refractivity contribution in [3.05, 3.63) is 0 Å². The van der Waals surface area contributed by atoms with E-state index in [1.165, 1.54) is 0 Å². The second-order valence-electron chi connectivity index (χ2n) is 12.1. The number of rotatable bonds is 21. The zero-order valence-electron chi connectivity index (χ0n) is 27.4. The van der Waals surface area contributed by atoms with Crippen molar-refractivity contribution in [1.82, 2.24) is 0 Å². The minimum Gasteiger partial charge on any atom is -0.430 e. The molecule has 0 aliphatic carbocycles. The molecule has 0 rings (SSSR count). The number of hydrogen-bond acceptors (Lipinski definition) is 15. The molecule has 0 aromatic carbocycles. The molecule has 0 unspecified atom stereocenters. The van der Waals surface area contributed by atoms with Gasteiger partial charge in [0.15, 0.2) is 0 Å². The first-order valence-corrected chi connectivity index (χ1v) is 14.2. The predicted molar refractivity (Wildman–Crippen MR) is 150 cm³/mol. The standard InChI is InChI=1S/C28H52O15/c1-11-27(9,10)43-40-24(31)37-18-15-34-21-28(12-2,19-32-13-16-35-22(29)38-41-25(3,4)5)20-33-14-17-36-23(30)39-42-26(6,7)8/h11-21H2,1-10H3. The second-order valence-corrected chi connectivity index (χ2v) is 12.1. The minimum absolute atomic E-state index is 0.0676. The molecule has 0 heterocycles. The maximum Gasteiger partial charge on any atom is 0.540 e. The molecule has 0 aromatic heterocycles.